The maximum Gasteiger partial charge on any atom is -0.00139 e. The van der Waals surface area contributed by atoms with Crippen molar-refractivity contribution in [2.24, 2.45) is 0 Å². The molecule has 12 aromatic rings. The van der Waals surface area contributed by atoms with Crippen molar-refractivity contribution in [3.63, 3.8) is 0 Å². The Balaban J connectivity index is 1.00. The Hall–Kier alpha value is -8.58. The summed E-state index contributed by atoms with van der Waals surface area (Å²) < 4.78 is 0. The van der Waals surface area contributed by atoms with E-state index in [1.54, 1.807) is 0 Å². The van der Waals surface area contributed by atoms with Crippen LogP contribution in [0.5, 0.6) is 0 Å². The second kappa shape index (κ2) is 16.8. The Kier molecular flexibility index (Phi) is 9.97. The van der Waals surface area contributed by atoms with Gasteiger partial charge in [0.1, 0.15) is 0 Å². The van der Waals surface area contributed by atoms with Crippen molar-refractivity contribution in [1.82, 2.24) is 0 Å². The first-order valence-electron chi connectivity index (χ1n) is 22.8. The number of fused-ring (bicyclic) bond motifs is 4. The van der Waals surface area contributed by atoms with Crippen LogP contribution in [-0.2, 0) is 0 Å². The maximum atomic E-state index is 2.41. The third kappa shape index (κ3) is 6.88. The Morgan fingerprint density at radius 3 is 1.20 bits per heavy atom. The fraction of sp³-hybridized carbons (Fsp3) is 0. The summed E-state index contributed by atoms with van der Waals surface area (Å²) in [7, 11) is 0. The normalized spacial score (nSPS) is 11.6. The highest BCUT2D eigenvalue weighted by molar-refractivity contribution is 6.25. The summed E-state index contributed by atoms with van der Waals surface area (Å²) in [5, 5.41) is 10.0. The summed E-state index contributed by atoms with van der Waals surface area (Å²) >= 11 is 0. The standard InChI is InChI=1S/C66H44/c1-5-23-47(24-6-1)62-55-33-15-16-34-56(55)64(49-27-9-3-10-28-49)61-44-52(41-42-59(61)62)51-31-19-21-45(43-51)39-40-46-22-13-14-32-53(46)54-37-20-38-60-63(48-25-7-2-8-26-48)57-35-17-18-36-58(57)65(66(54)60)50-29-11-4-12-30-50/h1-44H. The van der Waals surface area contributed by atoms with E-state index >= 15 is 0 Å². The zero-order chi connectivity index (χ0) is 43.8. The van der Waals surface area contributed by atoms with Crippen LogP contribution in [0.3, 0.4) is 0 Å². The Morgan fingerprint density at radius 2 is 0.606 bits per heavy atom. The molecule has 0 nitrogen and oxygen atoms in total. The molecule has 12 rings (SSSR count). The van der Waals surface area contributed by atoms with Gasteiger partial charge in [0.2, 0.25) is 0 Å². The Labute approximate surface area is 386 Å². The van der Waals surface area contributed by atoms with Gasteiger partial charge in [-0.1, -0.05) is 255 Å². The van der Waals surface area contributed by atoms with E-state index in [0.717, 1.165) is 5.56 Å². The molecule has 308 valence electrons. The van der Waals surface area contributed by atoms with E-state index in [-0.39, 0.29) is 0 Å². The average Bonchev–Trinajstić information content (AvgIpc) is 3.39. The van der Waals surface area contributed by atoms with Gasteiger partial charge < -0.3 is 0 Å². The SMILES string of the molecule is C(=Cc1ccccc1-c1cccc2c(-c3ccccc3)c3ccccc3c(-c3ccccc3)c12)c1cccc(-c2ccc3c(-c4ccccc4)c4ccccc4c(-c4ccccc4)c3c2)c1. The zero-order valence-electron chi connectivity index (χ0n) is 36.4. The molecule has 0 aliphatic carbocycles. The lowest BCUT2D eigenvalue weighted by Gasteiger charge is -2.21. The minimum absolute atomic E-state index is 1.15. The first kappa shape index (κ1) is 39.0. The lowest BCUT2D eigenvalue weighted by molar-refractivity contribution is 1.60. The molecule has 0 amide bonds. The summed E-state index contributed by atoms with van der Waals surface area (Å²) in [6, 6.07) is 93.0. The average molecular weight is 837 g/mol. The predicted molar refractivity (Wildman–Crippen MR) is 284 cm³/mol. The highest BCUT2D eigenvalue weighted by Gasteiger charge is 2.21. The van der Waals surface area contributed by atoms with Gasteiger partial charge in [-0.3, -0.25) is 0 Å². The molecule has 0 bridgehead atoms. The van der Waals surface area contributed by atoms with Crippen molar-refractivity contribution in [3.05, 3.63) is 266 Å². The van der Waals surface area contributed by atoms with Gasteiger partial charge in [0, 0.05) is 0 Å². The summed E-state index contributed by atoms with van der Waals surface area (Å²) in [6.45, 7) is 0. The van der Waals surface area contributed by atoms with Gasteiger partial charge in [-0.05, 0) is 133 Å². The van der Waals surface area contributed by atoms with Crippen LogP contribution >= 0.6 is 0 Å². The number of rotatable bonds is 8. The second-order valence-corrected chi connectivity index (χ2v) is 17.1. The molecule has 0 N–H and O–H groups in total. The molecule has 0 saturated heterocycles. The predicted octanol–water partition coefficient (Wildman–Crippen LogP) is 18.5. The molecule has 0 atom stereocenters. The summed E-state index contributed by atoms with van der Waals surface area (Å²) in [5.74, 6) is 0. The van der Waals surface area contributed by atoms with E-state index in [1.165, 1.54) is 115 Å². The molecule has 0 unspecified atom stereocenters. The van der Waals surface area contributed by atoms with E-state index < -0.39 is 0 Å². The maximum absolute atomic E-state index is 2.41. The summed E-state index contributed by atoms with van der Waals surface area (Å²) in [5.41, 5.74) is 17.1. The van der Waals surface area contributed by atoms with Gasteiger partial charge in [-0.25, -0.2) is 0 Å². The van der Waals surface area contributed by atoms with Gasteiger partial charge >= 0.3 is 0 Å². The highest BCUT2D eigenvalue weighted by atomic mass is 14.2. The minimum atomic E-state index is 1.15. The fourth-order valence-electron chi connectivity index (χ4n) is 10.4. The lowest BCUT2D eigenvalue weighted by atomic mass is 9.82. The van der Waals surface area contributed by atoms with Crippen LogP contribution in [0.4, 0.5) is 0 Å². The van der Waals surface area contributed by atoms with Gasteiger partial charge in [-0.15, -0.1) is 0 Å². The van der Waals surface area contributed by atoms with Crippen molar-refractivity contribution < 1.29 is 0 Å². The molecule has 0 aliphatic heterocycles. The first-order valence-corrected chi connectivity index (χ1v) is 22.8. The van der Waals surface area contributed by atoms with Crippen LogP contribution in [0.1, 0.15) is 11.1 Å². The molecule has 0 heteroatoms. The molecule has 0 heterocycles. The van der Waals surface area contributed by atoms with E-state index in [1.807, 2.05) is 0 Å². The summed E-state index contributed by atoms with van der Waals surface area (Å²) in [6.07, 6.45) is 4.56. The molecule has 12 aromatic carbocycles. The topological polar surface area (TPSA) is 0 Å². The second-order valence-electron chi connectivity index (χ2n) is 17.1. The molecule has 0 saturated carbocycles. The van der Waals surface area contributed by atoms with Crippen LogP contribution < -0.4 is 0 Å². The van der Waals surface area contributed by atoms with E-state index in [4.69, 9.17) is 0 Å². The Morgan fingerprint density at radius 1 is 0.212 bits per heavy atom. The monoisotopic (exact) mass is 836 g/mol. The smallest absolute Gasteiger partial charge is 0.00139 e. The zero-order valence-corrected chi connectivity index (χ0v) is 36.4. The quantitative estimate of drug-likeness (QED) is 0.106. The van der Waals surface area contributed by atoms with Crippen LogP contribution in [0, 0.1) is 0 Å². The summed E-state index contributed by atoms with van der Waals surface area (Å²) in [4.78, 5) is 0. The fourth-order valence-corrected chi connectivity index (χ4v) is 10.4. The largest absolute Gasteiger partial charge is 0.0622 e. The van der Waals surface area contributed by atoms with Crippen molar-refractivity contribution >= 4 is 55.2 Å². The third-order valence-electron chi connectivity index (χ3n) is 13.2. The van der Waals surface area contributed by atoms with Gasteiger partial charge in [0.15, 0.2) is 0 Å². The molecule has 0 spiro atoms. The third-order valence-corrected chi connectivity index (χ3v) is 13.2. The molecule has 0 fully saturated rings. The van der Waals surface area contributed by atoms with Gasteiger partial charge in [-0.2, -0.15) is 0 Å². The first-order chi connectivity index (χ1) is 32.8. The Bertz CT molecular complexity index is 3770. The van der Waals surface area contributed by atoms with Gasteiger partial charge in [0.25, 0.3) is 0 Å². The van der Waals surface area contributed by atoms with Crippen molar-refractivity contribution in [1.29, 1.82) is 0 Å². The molecule has 0 aliphatic rings. The molecule has 0 aromatic heterocycles. The molecular formula is C66H44. The molecule has 0 radical (unpaired) electrons. The van der Waals surface area contributed by atoms with E-state index in [2.05, 4.69) is 267 Å². The van der Waals surface area contributed by atoms with Crippen LogP contribution in [0.2, 0.25) is 0 Å². The van der Waals surface area contributed by atoms with Crippen molar-refractivity contribution in [2.45, 2.75) is 0 Å². The van der Waals surface area contributed by atoms with E-state index in [9.17, 15) is 0 Å². The van der Waals surface area contributed by atoms with Crippen LogP contribution in [0.15, 0.2) is 255 Å². The van der Waals surface area contributed by atoms with Crippen LogP contribution in [0.25, 0.3) is 122 Å². The number of hydrogen-bond acceptors (Lipinski definition) is 0. The minimum Gasteiger partial charge on any atom is -0.0622 e. The molecule has 66 heavy (non-hydrogen) atoms. The van der Waals surface area contributed by atoms with Crippen molar-refractivity contribution in [2.75, 3.05) is 0 Å². The van der Waals surface area contributed by atoms with Gasteiger partial charge in [0.05, 0.1) is 0 Å². The number of hydrogen-bond donors (Lipinski definition) is 0. The highest BCUT2D eigenvalue weighted by Crippen LogP contribution is 2.48. The number of benzene rings is 12. The van der Waals surface area contributed by atoms with Crippen molar-refractivity contribution in [3.8, 4) is 66.8 Å². The van der Waals surface area contributed by atoms with E-state index in [0.29, 0.717) is 0 Å². The molecular weight excluding hydrogens is 793 g/mol. The lowest BCUT2D eigenvalue weighted by Crippen LogP contribution is -1.94. The van der Waals surface area contributed by atoms with Crippen LogP contribution in [-0.4, -0.2) is 0 Å².